The quantitative estimate of drug-likeness (QED) is 0.146. The highest BCUT2D eigenvalue weighted by atomic mass is 35.5. The summed E-state index contributed by atoms with van der Waals surface area (Å²) in [6.07, 6.45) is 21.5. The summed E-state index contributed by atoms with van der Waals surface area (Å²) in [5.41, 5.74) is 2.04. The molecule has 2 rings (SSSR count). The van der Waals surface area contributed by atoms with Gasteiger partial charge in [-0.05, 0) is 54.7 Å². The summed E-state index contributed by atoms with van der Waals surface area (Å²) in [7, 11) is 0. The van der Waals surface area contributed by atoms with Crippen LogP contribution in [0.5, 0.6) is 5.75 Å². The van der Waals surface area contributed by atoms with Crippen molar-refractivity contribution in [3.8, 4) is 5.75 Å². The molecule has 1 aromatic carbocycles. The number of carbonyl (C=O) groups is 1. The Kier molecular flexibility index (Phi) is 17.1. The lowest BCUT2D eigenvalue weighted by molar-refractivity contribution is 0.0921. The normalized spacial score (nSPS) is 11.3. The maximum atomic E-state index is 12.5. The topological polar surface area (TPSA) is 51.5 Å². The molecule has 220 valence electrons. The number of hydrogen-bond donors (Lipinski definition) is 1. The second kappa shape index (κ2) is 20.0. The van der Waals surface area contributed by atoms with Gasteiger partial charge >= 0.3 is 0 Å². The summed E-state index contributed by atoms with van der Waals surface area (Å²) < 4.78 is 11.8. The molecule has 0 unspecified atom stereocenters. The molecule has 0 bridgehead atoms. The Balaban J connectivity index is 1.49. The summed E-state index contributed by atoms with van der Waals surface area (Å²) in [6, 6.07) is 7.46. The van der Waals surface area contributed by atoms with Crippen LogP contribution < -0.4 is 10.1 Å². The van der Waals surface area contributed by atoms with Crippen molar-refractivity contribution in [3.63, 3.8) is 0 Å². The SMILES string of the molecule is CCCCCCCCCCCCCCCCCCNC(=O)c1ccc(COc2cc(C)c(Cl)cc2C(C)C)o1. The second-order valence-corrected chi connectivity index (χ2v) is 11.8. The van der Waals surface area contributed by atoms with E-state index in [-0.39, 0.29) is 12.5 Å². The van der Waals surface area contributed by atoms with Crippen molar-refractivity contribution in [1.29, 1.82) is 0 Å². The summed E-state index contributed by atoms with van der Waals surface area (Å²) >= 11 is 6.29. The molecule has 0 spiro atoms. The Bertz CT molecular complexity index is 937. The lowest BCUT2D eigenvalue weighted by atomic mass is 10.0. The van der Waals surface area contributed by atoms with Gasteiger partial charge in [-0.2, -0.15) is 0 Å². The van der Waals surface area contributed by atoms with Gasteiger partial charge in [0.1, 0.15) is 18.1 Å². The van der Waals surface area contributed by atoms with Crippen LogP contribution in [-0.4, -0.2) is 12.5 Å². The molecule has 1 heterocycles. The molecule has 0 fully saturated rings. The number of benzene rings is 1. The third-order valence-corrected chi connectivity index (χ3v) is 7.89. The number of carbonyl (C=O) groups excluding carboxylic acids is 1. The molecule has 4 nitrogen and oxygen atoms in total. The molecule has 0 aliphatic rings. The minimum absolute atomic E-state index is 0.160. The van der Waals surface area contributed by atoms with E-state index in [1.165, 1.54) is 89.9 Å². The molecule has 1 aromatic heterocycles. The van der Waals surface area contributed by atoms with Crippen LogP contribution in [0.15, 0.2) is 28.7 Å². The Hall–Kier alpha value is -1.94. The minimum Gasteiger partial charge on any atom is -0.485 e. The number of halogens is 1. The standard InChI is InChI=1S/C34H54ClNO3/c1-5-6-7-8-9-10-11-12-13-14-15-16-17-18-19-20-23-36-34(37)32-22-21-29(39-32)26-38-33-24-28(4)31(35)25-30(33)27(2)3/h21-22,24-25,27H,5-20,23,26H2,1-4H3,(H,36,37). The predicted octanol–water partition coefficient (Wildman–Crippen LogP) is 10.9. The smallest absolute Gasteiger partial charge is 0.286 e. The highest BCUT2D eigenvalue weighted by molar-refractivity contribution is 6.31. The van der Waals surface area contributed by atoms with Crippen LogP contribution in [-0.2, 0) is 6.61 Å². The summed E-state index contributed by atoms with van der Waals surface area (Å²) in [5, 5.41) is 3.73. The summed E-state index contributed by atoms with van der Waals surface area (Å²) in [4.78, 5) is 12.5. The van der Waals surface area contributed by atoms with E-state index in [0.717, 1.165) is 34.7 Å². The van der Waals surface area contributed by atoms with Gasteiger partial charge in [-0.1, -0.05) is 129 Å². The van der Waals surface area contributed by atoms with Crippen molar-refractivity contribution in [2.45, 2.75) is 143 Å². The van der Waals surface area contributed by atoms with Gasteiger partial charge in [-0.25, -0.2) is 0 Å². The van der Waals surface area contributed by atoms with Gasteiger partial charge in [-0.15, -0.1) is 0 Å². The maximum absolute atomic E-state index is 12.5. The van der Waals surface area contributed by atoms with Crippen LogP contribution in [0.2, 0.25) is 5.02 Å². The van der Waals surface area contributed by atoms with E-state index in [1.807, 2.05) is 19.1 Å². The molecule has 1 amide bonds. The summed E-state index contributed by atoms with van der Waals surface area (Å²) in [6.45, 7) is 9.43. The van der Waals surface area contributed by atoms with Crippen LogP contribution in [0.3, 0.4) is 0 Å². The Morgan fingerprint density at radius 1 is 0.846 bits per heavy atom. The van der Waals surface area contributed by atoms with E-state index in [4.69, 9.17) is 20.8 Å². The third kappa shape index (κ3) is 13.8. The predicted molar refractivity (Wildman–Crippen MR) is 165 cm³/mol. The molecule has 0 aliphatic carbocycles. The zero-order chi connectivity index (χ0) is 28.3. The molecule has 0 aliphatic heterocycles. The largest absolute Gasteiger partial charge is 0.485 e. The molecule has 2 aromatic rings. The molecule has 0 atom stereocenters. The van der Waals surface area contributed by atoms with E-state index >= 15 is 0 Å². The average molecular weight is 560 g/mol. The second-order valence-electron chi connectivity index (χ2n) is 11.4. The van der Waals surface area contributed by atoms with Crippen LogP contribution in [0.1, 0.15) is 157 Å². The molecular weight excluding hydrogens is 506 g/mol. The van der Waals surface area contributed by atoms with Crippen molar-refractivity contribution >= 4 is 17.5 Å². The Morgan fingerprint density at radius 2 is 1.38 bits per heavy atom. The van der Waals surface area contributed by atoms with Crippen LogP contribution in [0.25, 0.3) is 0 Å². The van der Waals surface area contributed by atoms with E-state index < -0.39 is 0 Å². The first-order valence-electron chi connectivity index (χ1n) is 15.7. The summed E-state index contributed by atoms with van der Waals surface area (Å²) in [5.74, 6) is 1.90. The molecule has 0 saturated carbocycles. The van der Waals surface area contributed by atoms with Crippen molar-refractivity contribution < 1.29 is 13.9 Å². The van der Waals surface area contributed by atoms with Gasteiger partial charge in [0, 0.05) is 11.6 Å². The van der Waals surface area contributed by atoms with Gasteiger partial charge in [0.15, 0.2) is 5.76 Å². The first-order chi connectivity index (χ1) is 18.9. The molecule has 1 N–H and O–H groups in total. The monoisotopic (exact) mass is 559 g/mol. The van der Waals surface area contributed by atoms with E-state index in [9.17, 15) is 4.79 Å². The minimum atomic E-state index is -0.160. The van der Waals surface area contributed by atoms with Crippen molar-refractivity contribution in [1.82, 2.24) is 5.32 Å². The van der Waals surface area contributed by atoms with Crippen LogP contribution >= 0.6 is 11.6 Å². The van der Waals surface area contributed by atoms with Gasteiger partial charge in [0.25, 0.3) is 5.91 Å². The lowest BCUT2D eigenvalue weighted by Gasteiger charge is -2.15. The van der Waals surface area contributed by atoms with Gasteiger partial charge in [0.05, 0.1) is 0 Å². The number of ether oxygens (including phenoxy) is 1. The highest BCUT2D eigenvalue weighted by Crippen LogP contribution is 2.32. The number of hydrogen-bond acceptors (Lipinski definition) is 3. The number of aryl methyl sites for hydroxylation is 1. The first-order valence-corrected chi connectivity index (χ1v) is 16.1. The highest BCUT2D eigenvalue weighted by Gasteiger charge is 2.14. The Morgan fingerprint density at radius 3 is 1.92 bits per heavy atom. The van der Waals surface area contributed by atoms with E-state index in [0.29, 0.717) is 24.0 Å². The van der Waals surface area contributed by atoms with Gasteiger partial charge < -0.3 is 14.5 Å². The van der Waals surface area contributed by atoms with Crippen LogP contribution in [0.4, 0.5) is 0 Å². The lowest BCUT2D eigenvalue weighted by Crippen LogP contribution is -2.23. The van der Waals surface area contributed by atoms with E-state index in [1.54, 1.807) is 12.1 Å². The van der Waals surface area contributed by atoms with Crippen LogP contribution in [0, 0.1) is 6.92 Å². The Labute approximate surface area is 243 Å². The number of rotatable bonds is 22. The van der Waals surface area contributed by atoms with Gasteiger partial charge in [-0.3, -0.25) is 4.79 Å². The number of furan rings is 1. The number of nitrogens with one attached hydrogen (secondary N) is 1. The fourth-order valence-electron chi connectivity index (χ4n) is 4.94. The molecule has 5 heteroatoms. The zero-order valence-electron chi connectivity index (χ0n) is 25.2. The average Bonchev–Trinajstić information content (AvgIpc) is 3.40. The fraction of sp³-hybridized carbons (Fsp3) is 0.676. The molecular formula is C34H54ClNO3. The number of unbranched alkanes of at least 4 members (excludes halogenated alkanes) is 15. The van der Waals surface area contributed by atoms with Crippen molar-refractivity contribution in [3.05, 3.63) is 51.9 Å². The number of amides is 1. The van der Waals surface area contributed by atoms with E-state index in [2.05, 4.69) is 26.1 Å². The molecule has 39 heavy (non-hydrogen) atoms. The zero-order valence-corrected chi connectivity index (χ0v) is 26.0. The van der Waals surface area contributed by atoms with Gasteiger partial charge in [0.2, 0.25) is 0 Å². The third-order valence-electron chi connectivity index (χ3n) is 7.48. The molecule has 0 saturated heterocycles. The fourth-order valence-corrected chi connectivity index (χ4v) is 5.11. The molecule has 0 radical (unpaired) electrons. The maximum Gasteiger partial charge on any atom is 0.286 e. The van der Waals surface area contributed by atoms with Crippen molar-refractivity contribution in [2.24, 2.45) is 0 Å². The first kappa shape index (κ1) is 33.3. The van der Waals surface area contributed by atoms with Crippen molar-refractivity contribution in [2.75, 3.05) is 6.54 Å².